The lowest BCUT2D eigenvalue weighted by atomic mass is 10.2. The Morgan fingerprint density at radius 3 is 2.67 bits per heavy atom. The summed E-state index contributed by atoms with van der Waals surface area (Å²) in [7, 11) is 0. The number of ether oxygens (including phenoxy) is 1. The third-order valence-electron chi connectivity index (χ3n) is 2.25. The van der Waals surface area contributed by atoms with Gasteiger partial charge in [-0.3, -0.25) is 4.79 Å². The lowest BCUT2D eigenvalue weighted by Gasteiger charge is -2.16. The molecule has 1 atom stereocenters. The number of hydrogen-bond donors (Lipinski definition) is 1. The van der Waals surface area contributed by atoms with Crippen molar-refractivity contribution in [2.45, 2.75) is 26.9 Å². The van der Waals surface area contributed by atoms with Gasteiger partial charge in [0.15, 0.2) is 6.10 Å². The minimum atomic E-state index is -0.541. The van der Waals surface area contributed by atoms with Crippen LogP contribution in [-0.4, -0.2) is 18.6 Å². The van der Waals surface area contributed by atoms with Crippen LogP contribution in [0.5, 0.6) is 5.75 Å². The van der Waals surface area contributed by atoms with Gasteiger partial charge >= 0.3 is 0 Å². The molecule has 0 saturated heterocycles. The van der Waals surface area contributed by atoms with E-state index in [0.717, 1.165) is 4.47 Å². The number of carbonyl (C=O) groups is 1. The second-order valence-corrected chi connectivity index (χ2v) is 5.76. The normalized spacial score (nSPS) is 12.3. The average molecular weight is 335 g/mol. The minimum Gasteiger partial charge on any atom is -0.480 e. The second-order valence-electron chi connectivity index (χ2n) is 4.47. The molecule has 3 nitrogen and oxygen atoms in total. The van der Waals surface area contributed by atoms with E-state index in [0.29, 0.717) is 23.2 Å². The monoisotopic (exact) mass is 333 g/mol. The summed E-state index contributed by atoms with van der Waals surface area (Å²) in [6.07, 6.45) is -0.541. The molecule has 0 radical (unpaired) electrons. The standard InChI is InChI=1S/C13H17BrClNO2/c1-8(2)7-16-13(17)9(3)18-12-5-4-10(15)6-11(12)14/h4-6,8-9H,7H2,1-3H3,(H,16,17). The maximum absolute atomic E-state index is 11.8. The highest BCUT2D eigenvalue weighted by Gasteiger charge is 2.15. The van der Waals surface area contributed by atoms with E-state index in [4.69, 9.17) is 16.3 Å². The van der Waals surface area contributed by atoms with Crippen molar-refractivity contribution in [3.05, 3.63) is 27.7 Å². The Balaban J connectivity index is 2.58. The van der Waals surface area contributed by atoms with Gasteiger partial charge in [-0.1, -0.05) is 25.4 Å². The highest BCUT2D eigenvalue weighted by molar-refractivity contribution is 9.10. The molecule has 1 aromatic carbocycles. The maximum atomic E-state index is 11.8. The average Bonchev–Trinajstić information content (AvgIpc) is 2.29. The van der Waals surface area contributed by atoms with Gasteiger partial charge in [0.2, 0.25) is 0 Å². The van der Waals surface area contributed by atoms with E-state index >= 15 is 0 Å². The smallest absolute Gasteiger partial charge is 0.260 e. The zero-order valence-corrected chi connectivity index (χ0v) is 13.0. The third kappa shape index (κ3) is 4.86. The Labute approximate surface area is 121 Å². The van der Waals surface area contributed by atoms with Crippen LogP contribution in [0.25, 0.3) is 0 Å². The molecule has 1 N–H and O–H groups in total. The predicted octanol–water partition coefficient (Wildman–Crippen LogP) is 3.64. The van der Waals surface area contributed by atoms with Crippen LogP contribution in [0.4, 0.5) is 0 Å². The van der Waals surface area contributed by atoms with Crippen LogP contribution in [0, 0.1) is 5.92 Å². The number of nitrogens with one attached hydrogen (secondary N) is 1. The van der Waals surface area contributed by atoms with Crippen LogP contribution in [0.3, 0.4) is 0 Å². The fourth-order valence-electron chi connectivity index (χ4n) is 1.26. The zero-order chi connectivity index (χ0) is 13.7. The van der Waals surface area contributed by atoms with Gasteiger partial charge in [-0.15, -0.1) is 0 Å². The number of carbonyl (C=O) groups excluding carboxylic acids is 1. The highest BCUT2D eigenvalue weighted by Crippen LogP contribution is 2.28. The fraction of sp³-hybridized carbons (Fsp3) is 0.462. The van der Waals surface area contributed by atoms with Gasteiger partial charge in [0.25, 0.3) is 5.91 Å². The van der Waals surface area contributed by atoms with Gasteiger partial charge in [0.05, 0.1) is 4.47 Å². The lowest BCUT2D eigenvalue weighted by Crippen LogP contribution is -2.38. The van der Waals surface area contributed by atoms with Crippen LogP contribution in [0.2, 0.25) is 5.02 Å². The summed E-state index contributed by atoms with van der Waals surface area (Å²) in [6, 6.07) is 5.19. The molecule has 0 heterocycles. The van der Waals surface area contributed by atoms with E-state index in [-0.39, 0.29) is 5.91 Å². The molecule has 0 aromatic heterocycles. The van der Waals surface area contributed by atoms with Crippen molar-refractivity contribution in [2.24, 2.45) is 5.92 Å². The molecule has 1 rings (SSSR count). The molecule has 0 saturated carbocycles. The van der Waals surface area contributed by atoms with Gasteiger partial charge in [-0.2, -0.15) is 0 Å². The largest absolute Gasteiger partial charge is 0.480 e. The number of amides is 1. The van der Waals surface area contributed by atoms with E-state index in [1.807, 2.05) is 13.8 Å². The van der Waals surface area contributed by atoms with Crippen LogP contribution < -0.4 is 10.1 Å². The number of hydrogen-bond acceptors (Lipinski definition) is 2. The Morgan fingerprint density at radius 2 is 2.11 bits per heavy atom. The van der Waals surface area contributed by atoms with E-state index in [1.54, 1.807) is 25.1 Å². The van der Waals surface area contributed by atoms with Crippen LogP contribution in [0.15, 0.2) is 22.7 Å². The maximum Gasteiger partial charge on any atom is 0.260 e. The first kappa shape index (κ1) is 15.3. The zero-order valence-electron chi connectivity index (χ0n) is 10.7. The van der Waals surface area contributed by atoms with Gasteiger partial charge in [0, 0.05) is 11.6 Å². The first-order valence-corrected chi connectivity index (χ1v) is 6.96. The topological polar surface area (TPSA) is 38.3 Å². The Kier molecular flexibility index (Phi) is 5.96. The van der Waals surface area contributed by atoms with Crippen molar-refractivity contribution in [2.75, 3.05) is 6.54 Å². The predicted molar refractivity (Wildman–Crippen MR) is 77.1 cm³/mol. The highest BCUT2D eigenvalue weighted by atomic mass is 79.9. The molecule has 0 fully saturated rings. The minimum absolute atomic E-state index is 0.120. The molecule has 100 valence electrons. The quantitative estimate of drug-likeness (QED) is 0.893. The number of rotatable bonds is 5. The van der Waals surface area contributed by atoms with Crippen molar-refractivity contribution in [1.82, 2.24) is 5.32 Å². The molecule has 1 aromatic rings. The Morgan fingerprint density at radius 1 is 1.44 bits per heavy atom. The molecule has 0 bridgehead atoms. The van der Waals surface area contributed by atoms with Gasteiger partial charge in [-0.05, 0) is 47.0 Å². The SMILES string of the molecule is CC(C)CNC(=O)C(C)Oc1ccc(Cl)cc1Br. The Hall–Kier alpha value is -0.740. The summed E-state index contributed by atoms with van der Waals surface area (Å²) in [5.41, 5.74) is 0. The first-order chi connectivity index (χ1) is 8.40. The van der Waals surface area contributed by atoms with E-state index in [9.17, 15) is 4.79 Å². The summed E-state index contributed by atoms with van der Waals surface area (Å²) in [5, 5.41) is 3.44. The Bertz CT molecular complexity index is 423. The number of benzene rings is 1. The van der Waals surface area contributed by atoms with Crippen LogP contribution >= 0.6 is 27.5 Å². The van der Waals surface area contributed by atoms with Crippen molar-refractivity contribution >= 4 is 33.4 Å². The fourth-order valence-corrected chi connectivity index (χ4v) is 2.04. The molecule has 0 aliphatic rings. The summed E-state index contributed by atoms with van der Waals surface area (Å²) < 4.78 is 6.31. The molecule has 0 aliphatic heterocycles. The molecule has 18 heavy (non-hydrogen) atoms. The molecule has 0 aliphatic carbocycles. The molecule has 5 heteroatoms. The molecular weight excluding hydrogens is 318 g/mol. The number of halogens is 2. The van der Waals surface area contributed by atoms with Crippen molar-refractivity contribution in [3.63, 3.8) is 0 Å². The van der Waals surface area contributed by atoms with Crippen molar-refractivity contribution < 1.29 is 9.53 Å². The lowest BCUT2D eigenvalue weighted by molar-refractivity contribution is -0.127. The van der Waals surface area contributed by atoms with Crippen molar-refractivity contribution in [3.8, 4) is 5.75 Å². The molecule has 1 amide bonds. The van der Waals surface area contributed by atoms with Crippen LogP contribution in [0.1, 0.15) is 20.8 Å². The van der Waals surface area contributed by atoms with Gasteiger partial charge in [-0.25, -0.2) is 0 Å². The summed E-state index contributed by atoms with van der Waals surface area (Å²) in [4.78, 5) is 11.8. The molecule has 1 unspecified atom stereocenters. The molecular formula is C13H17BrClNO2. The van der Waals surface area contributed by atoms with Crippen LogP contribution in [-0.2, 0) is 4.79 Å². The summed E-state index contributed by atoms with van der Waals surface area (Å²) in [6.45, 7) is 6.45. The molecule has 0 spiro atoms. The third-order valence-corrected chi connectivity index (χ3v) is 3.11. The van der Waals surface area contributed by atoms with Crippen molar-refractivity contribution in [1.29, 1.82) is 0 Å². The first-order valence-electron chi connectivity index (χ1n) is 5.79. The summed E-state index contributed by atoms with van der Waals surface area (Å²) >= 11 is 9.18. The van der Waals surface area contributed by atoms with Gasteiger partial charge < -0.3 is 10.1 Å². The van der Waals surface area contributed by atoms with E-state index in [2.05, 4.69) is 21.2 Å². The van der Waals surface area contributed by atoms with E-state index in [1.165, 1.54) is 0 Å². The second kappa shape index (κ2) is 7.00. The summed E-state index contributed by atoms with van der Waals surface area (Å²) in [5.74, 6) is 0.903. The van der Waals surface area contributed by atoms with E-state index < -0.39 is 6.10 Å². The van der Waals surface area contributed by atoms with Gasteiger partial charge in [0.1, 0.15) is 5.75 Å².